The highest BCUT2D eigenvalue weighted by Crippen LogP contribution is 2.17. The number of nitrogens with one attached hydrogen (secondary N) is 1. The fraction of sp³-hybridized carbons (Fsp3) is 0.120. The number of hydrogen-bond acceptors (Lipinski definition) is 5. The third kappa shape index (κ3) is 7.21. The van der Waals surface area contributed by atoms with E-state index in [1.165, 1.54) is 12.3 Å². The van der Waals surface area contributed by atoms with Gasteiger partial charge in [-0.2, -0.15) is 0 Å². The Bertz CT molecular complexity index is 1300. The molecule has 4 N–H and O–H groups in total. The smallest absolute Gasteiger partial charge is 0.253 e. The van der Waals surface area contributed by atoms with Crippen molar-refractivity contribution < 1.29 is 18.3 Å². The lowest BCUT2D eigenvalue weighted by molar-refractivity contribution is 0.0916. The van der Waals surface area contributed by atoms with Gasteiger partial charge in [-0.1, -0.05) is 60.7 Å². The van der Waals surface area contributed by atoms with Gasteiger partial charge in [0.15, 0.2) is 0 Å². The minimum atomic E-state index is -3.59. The van der Waals surface area contributed by atoms with Crippen LogP contribution in [0.2, 0.25) is 0 Å². The van der Waals surface area contributed by atoms with Crippen LogP contribution < -0.4 is 10.5 Å². The van der Waals surface area contributed by atoms with Gasteiger partial charge in [0.25, 0.3) is 5.91 Å². The second-order valence-corrected chi connectivity index (χ2v) is 8.90. The highest BCUT2D eigenvalue weighted by Gasteiger charge is 2.13. The van der Waals surface area contributed by atoms with E-state index in [2.05, 4.69) is 10.3 Å². The van der Waals surface area contributed by atoms with Crippen molar-refractivity contribution in [2.75, 3.05) is 6.61 Å². The number of aliphatic hydroxyl groups excluding tert-OH is 1. The molecule has 1 aromatic heterocycles. The Hall–Kier alpha value is -3.59. The molecule has 0 fully saturated rings. The van der Waals surface area contributed by atoms with Crippen molar-refractivity contribution in [2.45, 2.75) is 17.4 Å². The summed E-state index contributed by atoms with van der Waals surface area (Å²) in [5, 5.41) is 19.0. The molecule has 0 radical (unpaired) electrons. The van der Waals surface area contributed by atoms with E-state index in [1.54, 1.807) is 30.5 Å². The molecule has 33 heavy (non-hydrogen) atoms. The molecule has 8 heteroatoms. The highest BCUT2D eigenvalue weighted by atomic mass is 32.2. The normalized spacial score (nSPS) is 11.8. The molecular weight excluding hydrogens is 438 g/mol. The van der Waals surface area contributed by atoms with Crippen LogP contribution in [-0.4, -0.2) is 37.1 Å². The third-order valence-corrected chi connectivity index (χ3v) is 5.76. The number of fused-ring (bicyclic) bond motifs is 1. The Morgan fingerprint density at radius 1 is 0.939 bits per heavy atom. The van der Waals surface area contributed by atoms with Gasteiger partial charge < -0.3 is 10.4 Å². The van der Waals surface area contributed by atoms with E-state index in [1.807, 2.05) is 54.6 Å². The molecule has 0 saturated carbocycles. The van der Waals surface area contributed by atoms with Crippen molar-refractivity contribution in [3.05, 3.63) is 108 Å². The Balaban J connectivity index is 0.000000194. The Labute approximate surface area is 193 Å². The number of hydrogen-bond donors (Lipinski definition) is 3. The van der Waals surface area contributed by atoms with Crippen molar-refractivity contribution in [1.82, 2.24) is 10.3 Å². The van der Waals surface area contributed by atoms with Crippen molar-refractivity contribution in [3.63, 3.8) is 0 Å². The van der Waals surface area contributed by atoms with Crippen LogP contribution in [0.4, 0.5) is 0 Å². The summed E-state index contributed by atoms with van der Waals surface area (Å²) in [6.07, 6.45) is 3.72. The van der Waals surface area contributed by atoms with Crippen LogP contribution in [-0.2, 0) is 16.4 Å². The largest absolute Gasteiger partial charge is 0.394 e. The van der Waals surface area contributed by atoms with Crippen LogP contribution >= 0.6 is 0 Å². The molecule has 3 aromatic carbocycles. The number of rotatable bonds is 6. The average Bonchev–Trinajstić information content (AvgIpc) is 2.84. The van der Waals surface area contributed by atoms with Crippen molar-refractivity contribution in [2.24, 2.45) is 5.14 Å². The monoisotopic (exact) mass is 463 g/mol. The minimum absolute atomic E-state index is 0.0963. The number of primary sulfonamides is 1. The van der Waals surface area contributed by atoms with Crippen LogP contribution in [0.15, 0.2) is 102 Å². The standard InChI is InChI=1S/C15H16N2O2.C10H9NO2S/c18-11-14(9-12-5-2-1-3-6-12)17-15(19)13-7-4-8-16-10-13;11-14(12,13)10-6-5-8-3-1-2-4-9(8)7-10/h1-8,10,14,18H,9,11H2,(H,17,19);1-7H,(H2,11,12,13). The van der Waals surface area contributed by atoms with Crippen molar-refractivity contribution >= 4 is 26.7 Å². The Kier molecular flexibility index (Phi) is 8.26. The number of aromatic nitrogens is 1. The van der Waals surface area contributed by atoms with Gasteiger partial charge in [-0.25, -0.2) is 13.6 Å². The molecular formula is C25H25N3O4S. The van der Waals surface area contributed by atoms with E-state index in [4.69, 9.17) is 5.14 Å². The predicted octanol–water partition coefficient (Wildman–Crippen LogP) is 2.90. The van der Waals surface area contributed by atoms with Crippen LogP contribution in [0.5, 0.6) is 0 Å². The summed E-state index contributed by atoms with van der Waals surface area (Å²) < 4.78 is 22.1. The summed E-state index contributed by atoms with van der Waals surface area (Å²) in [5.74, 6) is -0.219. The lowest BCUT2D eigenvalue weighted by Crippen LogP contribution is -2.39. The second-order valence-electron chi connectivity index (χ2n) is 7.34. The Morgan fingerprint density at radius 3 is 2.27 bits per heavy atom. The molecule has 0 saturated heterocycles. The highest BCUT2D eigenvalue weighted by molar-refractivity contribution is 7.89. The number of carbonyl (C=O) groups is 1. The Morgan fingerprint density at radius 2 is 1.64 bits per heavy atom. The van der Waals surface area contributed by atoms with Crippen molar-refractivity contribution in [1.29, 1.82) is 0 Å². The summed E-state index contributed by atoms with van der Waals surface area (Å²) in [6.45, 7) is -0.0963. The first-order valence-corrected chi connectivity index (χ1v) is 11.8. The van der Waals surface area contributed by atoms with E-state index in [0.29, 0.717) is 12.0 Å². The molecule has 170 valence electrons. The molecule has 1 unspecified atom stereocenters. The molecule has 1 atom stereocenters. The number of carbonyl (C=O) groups excluding carboxylic acids is 1. The number of amides is 1. The molecule has 0 aliphatic carbocycles. The molecule has 4 rings (SSSR count). The van der Waals surface area contributed by atoms with Gasteiger partial charge in [-0.3, -0.25) is 9.78 Å². The van der Waals surface area contributed by atoms with Crippen LogP contribution in [0, 0.1) is 0 Å². The summed E-state index contributed by atoms with van der Waals surface area (Å²) in [6, 6.07) is 25.2. The lowest BCUT2D eigenvalue weighted by Gasteiger charge is -2.16. The number of sulfonamides is 1. The number of benzene rings is 3. The van der Waals surface area contributed by atoms with Crippen LogP contribution in [0.3, 0.4) is 0 Å². The van der Waals surface area contributed by atoms with Gasteiger partial charge in [0.05, 0.1) is 23.1 Å². The van der Waals surface area contributed by atoms with E-state index >= 15 is 0 Å². The number of aliphatic hydroxyl groups is 1. The maximum absolute atomic E-state index is 11.9. The number of pyridine rings is 1. The maximum Gasteiger partial charge on any atom is 0.253 e. The van der Waals surface area contributed by atoms with E-state index in [-0.39, 0.29) is 23.5 Å². The number of nitrogens with zero attached hydrogens (tertiary/aromatic N) is 1. The molecule has 0 bridgehead atoms. The summed E-state index contributed by atoms with van der Waals surface area (Å²) in [4.78, 5) is 16.0. The van der Waals surface area contributed by atoms with Crippen LogP contribution in [0.1, 0.15) is 15.9 Å². The molecule has 1 heterocycles. The van der Waals surface area contributed by atoms with Gasteiger partial charge in [0, 0.05) is 12.4 Å². The zero-order valence-electron chi connectivity index (χ0n) is 17.8. The summed E-state index contributed by atoms with van der Waals surface area (Å²) in [5.41, 5.74) is 1.57. The fourth-order valence-corrected chi connectivity index (χ4v) is 3.72. The quantitative estimate of drug-likeness (QED) is 0.406. The first-order valence-electron chi connectivity index (χ1n) is 10.2. The molecule has 7 nitrogen and oxygen atoms in total. The predicted molar refractivity (Wildman–Crippen MR) is 128 cm³/mol. The first-order chi connectivity index (χ1) is 15.9. The zero-order valence-corrected chi connectivity index (χ0v) is 18.7. The van der Waals surface area contributed by atoms with Gasteiger partial charge in [-0.15, -0.1) is 0 Å². The van der Waals surface area contributed by atoms with E-state index in [0.717, 1.165) is 16.3 Å². The molecule has 1 amide bonds. The third-order valence-electron chi connectivity index (χ3n) is 4.85. The minimum Gasteiger partial charge on any atom is -0.394 e. The van der Waals surface area contributed by atoms with Crippen LogP contribution in [0.25, 0.3) is 10.8 Å². The second kappa shape index (κ2) is 11.3. The van der Waals surface area contributed by atoms with Gasteiger partial charge >= 0.3 is 0 Å². The zero-order chi connectivity index (χ0) is 23.7. The summed E-state index contributed by atoms with van der Waals surface area (Å²) in [7, 11) is -3.59. The molecule has 0 spiro atoms. The lowest BCUT2D eigenvalue weighted by atomic mass is 10.1. The first kappa shape index (κ1) is 24.1. The summed E-state index contributed by atoms with van der Waals surface area (Å²) >= 11 is 0. The van der Waals surface area contributed by atoms with Gasteiger partial charge in [-0.05, 0) is 47.0 Å². The number of nitrogens with two attached hydrogens (primary N) is 1. The topological polar surface area (TPSA) is 122 Å². The van der Waals surface area contributed by atoms with Gasteiger partial charge in [0.2, 0.25) is 10.0 Å². The van der Waals surface area contributed by atoms with Gasteiger partial charge in [0.1, 0.15) is 0 Å². The average molecular weight is 464 g/mol. The molecule has 0 aliphatic rings. The fourth-order valence-electron chi connectivity index (χ4n) is 3.17. The SMILES string of the molecule is NS(=O)(=O)c1ccc2ccccc2c1.O=C(NC(CO)Cc1ccccc1)c1cccnc1. The molecule has 0 aliphatic heterocycles. The molecule has 4 aromatic rings. The van der Waals surface area contributed by atoms with Crippen molar-refractivity contribution in [3.8, 4) is 0 Å². The maximum atomic E-state index is 11.9. The van der Waals surface area contributed by atoms with E-state index < -0.39 is 10.0 Å². The van der Waals surface area contributed by atoms with E-state index in [9.17, 15) is 18.3 Å².